The summed E-state index contributed by atoms with van der Waals surface area (Å²) in [6, 6.07) is 12.4. The van der Waals surface area contributed by atoms with Crippen LogP contribution < -0.4 is 4.52 Å². The molecule has 0 spiro atoms. The van der Waals surface area contributed by atoms with Crippen molar-refractivity contribution in [2.75, 3.05) is 0 Å². The van der Waals surface area contributed by atoms with Gasteiger partial charge in [-0.2, -0.15) is 0 Å². The van der Waals surface area contributed by atoms with E-state index in [2.05, 4.69) is 4.52 Å². The first-order valence-corrected chi connectivity index (χ1v) is 5.81. The molecule has 2 aromatic rings. The van der Waals surface area contributed by atoms with E-state index in [1.807, 2.05) is 24.3 Å². The fourth-order valence-electron chi connectivity index (χ4n) is 1.36. The van der Waals surface area contributed by atoms with Crippen molar-refractivity contribution in [2.24, 2.45) is 0 Å². The molecule has 2 aromatic carbocycles. The van der Waals surface area contributed by atoms with Gasteiger partial charge >= 0.3 is 7.82 Å². The van der Waals surface area contributed by atoms with Crippen molar-refractivity contribution in [3.8, 4) is 5.75 Å². The third-order valence-corrected chi connectivity index (χ3v) is 2.39. The zero-order valence-corrected chi connectivity index (χ0v) is 14.6. The summed E-state index contributed by atoms with van der Waals surface area (Å²) in [5.41, 5.74) is 0. The maximum atomic E-state index is 10.6. The molecule has 80 valence electrons. The van der Waals surface area contributed by atoms with E-state index >= 15 is 0 Å². The molecule has 0 aliphatic rings. The molecule has 0 aromatic heterocycles. The van der Waals surface area contributed by atoms with Gasteiger partial charge in [-0.3, -0.25) is 9.79 Å². The summed E-state index contributed by atoms with van der Waals surface area (Å²) in [5, 5.41) is 1.87. The molecule has 0 fully saturated rings. The zero-order chi connectivity index (χ0) is 10.9. The largest absolute Gasteiger partial charge is 0.524 e. The molecule has 0 unspecified atom stereocenters. The summed E-state index contributed by atoms with van der Waals surface area (Å²) >= 11 is 0. The van der Waals surface area contributed by atoms with Crippen molar-refractivity contribution in [1.29, 1.82) is 0 Å². The molecule has 7 heteroatoms. The van der Waals surface area contributed by atoms with Crippen LogP contribution in [0.1, 0.15) is 0 Å². The van der Waals surface area contributed by atoms with Gasteiger partial charge in [-0.25, -0.2) is 4.57 Å². The van der Waals surface area contributed by atoms with E-state index in [1.165, 1.54) is 6.07 Å². The Kier molecular flexibility index (Phi) is 7.57. The van der Waals surface area contributed by atoms with Crippen molar-refractivity contribution in [3.63, 3.8) is 0 Å². The maximum Gasteiger partial charge on any atom is 0.524 e. The van der Waals surface area contributed by atoms with E-state index < -0.39 is 7.82 Å². The molecule has 0 bridgehead atoms. The first-order chi connectivity index (χ1) is 7.04. The number of hydrogen-bond acceptors (Lipinski definition) is 2. The third-order valence-electron chi connectivity index (χ3n) is 1.95. The smallest absolute Gasteiger partial charge is 0.404 e. The summed E-state index contributed by atoms with van der Waals surface area (Å²) in [4.78, 5) is 17.3. The third kappa shape index (κ3) is 5.43. The van der Waals surface area contributed by atoms with Crippen LogP contribution >= 0.6 is 7.82 Å². The predicted octanol–water partition coefficient (Wildman–Crippen LogP) is 1.55. The predicted molar refractivity (Wildman–Crippen MR) is 68.1 cm³/mol. The normalized spacial score (nSPS) is 10.2. The average molecular weight is 270 g/mol. The van der Waals surface area contributed by atoms with Gasteiger partial charge in [0.25, 0.3) is 0 Å². The Labute approximate surface area is 143 Å². The van der Waals surface area contributed by atoms with E-state index in [9.17, 15) is 4.57 Å². The minimum absolute atomic E-state index is 0. The van der Waals surface area contributed by atoms with Crippen molar-refractivity contribution >= 4 is 77.7 Å². The topological polar surface area (TPSA) is 66.8 Å². The van der Waals surface area contributed by atoms with Gasteiger partial charge in [-0.1, -0.05) is 30.3 Å². The van der Waals surface area contributed by atoms with Gasteiger partial charge in [0.05, 0.1) is 0 Å². The van der Waals surface area contributed by atoms with Crippen LogP contribution in [-0.4, -0.2) is 68.9 Å². The van der Waals surface area contributed by atoms with Crippen LogP contribution in [0.5, 0.6) is 5.75 Å². The SMILES string of the molecule is O=P(O)(O)Oc1ccc2ccccc2c1.[Na].[Na]. The summed E-state index contributed by atoms with van der Waals surface area (Å²) in [7, 11) is -4.47. The van der Waals surface area contributed by atoms with Gasteiger partial charge < -0.3 is 4.52 Å². The molecule has 0 atom stereocenters. The van der Waals surface area contributed by atoms with Crippen molar-refractivity contribution in [2.45, 2.75) is 0 Å². The second-order valence-electron chi connectivity index (χ2n) is 3.09. The van der Waals surface area contributed by atoms with Gasteiger partial charge in [-0.05, 0) is 22.9 Å². The van der Waals surface area contributed by atoms with Crippen LogP contribution in [0.25, 0.3) is 10.8 Å². The fraction of sp³-hybridized carbons (Fsp3) is 0. The molecule has 0 saturated carbocycles. The van der Waals surface area contributed by atoms with Crippen molar-refractivity contribution in [1.82, 2.24) is 0 Å². The van der Waals surface area contributed by atoms with Gasteiger partial charge in [0.2, 0.25) is 0 Å². The van der Waals surface area contributed by atoms with Crippen LogP contribution in [0.3, 0.4) is 0 Å². The molecule has 0 aliphatic carbocycles. The van der Waals surface area contributed by atoms with Crippen molar-refractivity contribution in [3.05, 3.63) is 42.5 Å². The van der Waals surface area contributed by atoms with Crippen LogP contribution in [0, 0.1) is 0 Å². The number of phosphoric ester groups is 1. The summed E-state index contributed by atoms with van der Waals surface area (Å²) in [6.45, 7) is 0. The molecular weight excluding hydrogens is 261 g/mol. The van der Waals surface area contributed by atoms with E-state index in [0.29, 0.717) is 0 Å². The van der Waals surface area contributed by atoms with E-state index in [-0.39, 0.29) is 64.9 Å². The molecule has 0 amide bonds. The number of phosphoric acid groups is 1. The fourth-order valence-corrected chi connectivity index (χ4v) is 1.75. The summed E-state index contributed by atoms with van der Waals surface area (Å²) < 4.78 is 15.1. The molecule has 2 rings (SSSR count). The minimum Gasteiger partial charge on any atom is -0.404 e. The molecule has 2 radical (unpaired) electrons. The number of benzene rings is 2. The minimum atomic E-state index is -4.47. The summed E-state index contributed by atoms with van der Waals surface area (Å²) in [5.74, 6) is 0.169. The van der Waals surface area contributed by atoms with Gasteiger partial charge in [0.1, 0.15) is 5.75 Å². The average Bonchev–Trinajstić information content (AvgIpc) is 2.15. The van der Waals surface area contributed by atoms with Gasteiger partial charge in [0, 0.05) is 59.1 Å². The number of hydrogen-bond donors (Lipinski definition) is 2. The number of fused-ring (bicyclic) bond motifs is 1. The Balaban J connectivity index is 0.00000128. The molecule has 0 saturated heterocycles. The maximum absolute atomic E-state index is 10.6. The van der Waals surface area contributed by atoms with Crippen LogP contribution in [0.2, 0.25) is 0 Å². The Hall–Kier alpha value is 0.650. The van der Waals surface area contributed by atoms with Crippen LogP contribution in [0.4, 0.5) is 0 Å². The molecule has 2 N–H and O–H groups in total. The van der Waals surface area contributed by atoms with Crippen LogP contribution in [-0.2, 0) is 4.57 Å². The second-order valence-corrected chi connectivity index (χ2v) is 4.25. The van der Waals surface area contributed by atoms with E-state index in [0.717, 1.165) is 10.8 Å². The molecule has 4 nitrogen and oxygen atoms in total. The summed E-state index contributed by atoms with van der Waals surface area (Å²) in [6.07, 6.45) is 0. The molecule has 17 heavy (non-hydrogen) atoms. The van der Waals surface area contributed by atoms with Crippen LogP contribution in [0.15, 0.2) is 42.5 Å². The van der Waals surface area contributed by atoms with E-state index in [1.54, 1.807) is 12.1 Å². The van der Waals surface area contributed by atoms with Crippen molar-refractivity contribution < 1.29 is 18.9 Å². The Morgan fingerprint density at radius 2 is 1.53 bits per heavy atom. The quantitative estimate of drug-likeness (QED) is 0.641. The Bertz CT molecular complexity index is 541. The molecule has 0 aliphatic heterocycles. The molecular formula is C10H9Na2O4P. The first kappa shape index (κ1) is 17.6. The van der Waals surface area contributed by atoms with E-state index in [4.69, 9.17) is 9.79 Å². The standard InChI is InChI=1S/C10H9O4P.2Na/c11-15(12,13)14-10-6-5-8-3-1-2-4-9(8)7-10;;/h1-7H,(H2,11,12,13);;. The Morgan fingerprint density at radius 1 is 0.941 bits per heavy atom. The Morgan fingerprint density at radius 3 is 2.12 bits per heavy atom. The first-order valence-electron chi connectivity index (χ1n) is 4.28. The van der Waals surface area contributed by atoms with Gasteiger partial charge in [0.15, 0.2) is 0 Å². The monoisotopic (exact) mass is 270 g/mol. The van der Waals surface area contributed by atoms with Gasteiger partial charge in [-0.15, -0.1) is 0 Å². The second kappa shape index (κ2) is 7.29. The molecule has 0 heterocycles. The zero-order valence-electron chi connectivity index (χ0n) is 9.70. The number of rotatable bonds is 2.